The van der Waals surface area contributed by atoms with Crippen LogP contribution in [-0.4, -0.2) is 78.9 Å². The van der Waals surface area contributed by atoms with E-state index in [9.17, 15) is 19.2 Å². The number of carbonyl (C=O) groups excluding carboxylic acids is 4. The van der Waals surface area contributed by atoms with Crippen LogP contribution < -0.4 is 10.6 Å². The van der Waals surface area contributed by atoms with Crippen LogP contribution in [0.15, 0.2) is 47.3 Å². The topological polar surface area (TPSA) is 161 Å². The van der Waals surface area contributed by atoms with Gasteiger partial charge in [-0.25, -0.2) is 15.0 Å². The number of ether oxygens (including phenoxy) is 1. The maximum atomic E-state index is 14.1. The molecule has 3 amide bonds. The Hall–Kier alpha value is -4.56. The number of nitrogens with zero attached hydrogens (tertiary/aromatic N) is 6. The lowest BCUT2D eigenvalue weighted by atomic mass is 9.99. The van der Waals surface area contributed by atoms with Crippen LogP contribution in [0.25, 0.3) is 22.0 Å². The highest BCUT2D eigenvalue weighted by Gasteiger charge is 2.67. The van der Waals surface area contributed by atoms with E-state index in [2.05, 4.69) is 46.6 Å². The molecule has 46 heavy (non-hydrogen) atoms. The molecule has 1 aliphatic heterocycles. The number of carbonyl (C=O) groups is 4. The maximum Gasteiger partial charge on any atom is 0.248 e. The van der Waals surface area contributed by atoms with Crippen molar-refractivity contribution in [1.29, 1.82) is 0 Å². The van der Waals surface area contributed by atoms with Crippen molar-refractivity contribution in [2.24, 2.45) is 5.41 Å². The van der Waals surface area contributed by atoms with E-state index in [4.69, 9.17) is 4.74 Å². The molecule has 4 heterocycles. The van der Waals surface area contributed by atoms with Gasteiger partial charge in [0, 0.05) is 67.9 Å². The Morgan fingerprint density at radius 1 is 1.07 bits per heavy atom. The van der Waals surface area contributed by atoms with Gasteiger partial charge in [-0.15, -0.1) is 0 Å². The molecule has 6 rings (SSSR count). The number of pyridine rings is 1. The van der Waals surface area contributed by atoms with Gasteiger partial charge in [0.25, 0.3) is 0 Å². The van der Waals surface area contributed by atoms with E-state index in [1.807, 2.05) is 18.2 Å². The molecule has 3 atom stereocenters. The Bertz CT molecular complexity index is 1880. The van der Waals surface area contributed by atoms with E-state index in [1.165, 1.54) is 18.5 Å². The average Bonchev–Trinajstić information content (AvgIpc) is 3.44. The van der Waals surface area contributed by atoms with Gasteiger partial charge in [0.05, 0.1) is 12.1 Å². The molecule has 13 nitrogen and oxygen atoms in total. The summed E-state index contributed by atoms with van der Waals surface area (Å²) in [4.78, 5) is 66.9. The molecule has 2 fully saturated rings. The summed E-state index contributed by atoms with van der Waals surface area (Å²) in [6.07, 6.45) is 4.47. The SMILES string of the molecule is COCc1ccc(Br)nc1NC(=O)[C@@H]1C[C@@]2(CNC(C)=O)CC2N1C(=O)Cn1nc(C(C)=O)c2cc(-c3cnc(C)nc3)ccc21. The van der Waals surface area contributed by atoms with Crippen LogP contribution in [0.2, 0.25) is 0 Å². The third-order valence-corrected chi connectivity index (χ3v) is 9.11. The smallest absolute Gasteiger partial charge is 0.248 e. The minimum absolute atomic E-state index is 0.176. The van der Waals surface area contributed by atoms with Crippen molar-refractivity contribution in [3.8, 4) is 11.1 Å². The Morgan fingerprint density at radius 2 is 1.83 bits per heavy atom. The lowest BCUT2D eigenvalue weighted by Crippen LogP contribution is -2.47. The molecule has 2 N–H and O–H groups in total. The van der Waals surface area contributed by atoms with Crippen molar-refractivity contribution in [2.75, 3.05) is 19.0 Å². The number of aromatic nitrogens is 5. The molecule has 1 unspecified atom stereocenters. The zero-order valence-electron chi connectivity index (χ0n) is 25.8. The molecule has 14 heteroatoms. The fraction of sp³-hybridized carbons (Fsp3) is 0.375. The second kappa shape index (κ2) is 12.3. The predicted molar refractivity (Wildman–Crippen MR) is 172 cm³/mol. The van der Waals surface area contributed by atoms with Gasteiger partial charge in [-0.3, -0.25) is 23.9 Å². The van der Waals surface area contributed by atoms with E-state index in [1.54, 1.807) is 43.5 Å². The lowest BCUT2D eigenvalue weighted by molar-refractivity contribution is -0.138. The number of amides is 3. The van der Waals surface area contributed by atoms with Gasteiger partial charge in [0.2, 0.25) is 17.7 Å². The number of ketones is 1. The summed E-state index contributed by atoms with van der Waals surface area (Å²) < 4.78 is 7.33. The number of hydrogen-bond acceptors (Lipinski definition) is 9. The summed E-state index contributed by atoms with van der Waals surface area (Å²) in [5.74, 6) is -0.132. The second-order valence-corrected chi connectivity index (χ2v) is 12.7. The first kappa shape index (κ1) is 31.4. The molecule has 1 aliphatic carbocycles. The first-order chi connectivity index (χ1) is 22.0. The minimum Gasteiger partial charge on any atom is -0.380 e. The molecular weight excluding hydrogens is 656 g/mol. The standard InChI is InChI=1S/C32H33BrN8O5/c1-17(42)29-23-9-20(22-12-34-18(2)35-13-22)5-7-24(23)40(39-29)14-28(44)41-25(10-32(11-26(32)41)16-36-19(3)43)31(45)38-30-21(15-46-4)6-8-27(33)37-30/h5-9,12-13,25-26H,10-11,14-16H2,1-4H3,(H,36,43)(H,37,38,45)/t25-,26?,32-/m0/s1. The minimum atomic E-state index is -0.807. The van der Waals surface area contributed by atoms with Gasteiger partial charge in [-0.2, -0.15) is 5.10 Å². The number of methoxy groups -OCH3 is 1. The number of Topliss-reactive ketones (excluding diaryl/α,β-unsaturated/α-hetero) is 1. The molecule has 0 bridgehead atoms. The number of piperidine rings is 1. The van der Waals surface area contributed by atoms with Crippen molar-refractivity contribution < 1.29 is 23.9 Å². The summed E-state index contributed by atoms with van der Waals surface area (Å²) in [6, 6.07) is 8.06. The summed E-state index contributed by atoms with van der Waals surface area (Å²) in [6.45, 7) is 5.09. The van der Waals surface area contributed by atoms with Crippen LogP contribution >= 0.6 is 15.9 Å². The van der Waals surface area contributed by atoms with Gasteiger partial charge in [-0.05, 0) is 59.5 Å². The summed E-state index contributed by atoms with van der Waals surface area (Å²) in [5, 5.41) is 10.9. The first-order valence-electron chi connectivity index (χ1n) is 14.8. The number of rotatable bonds is 10. The van der Waals surface area contributed by atoms with Gasteiger partial charge < -0.3 is 20.3 Å². The number of anilines is 1. The van der Waals surface area contributed by atoms with Gasteiger partial charge in [0.15, 0.2) is 5.78 Å². The van der Waals surface area contributed by atoms with Crippen molar-refractivity contribution in [1.82, 2.24) is 34.9 Å². The first-order valence-corrected chi connectivity index (χ1v) is 15.6. The molecule has 4 aromatic rings. The largest absolute Gasteiger partial charge is 0.380 e. The van der Waals surface area contributed by atoms with E-state index in [0.29, 0.717) is 52.1 Å². The van der Waals surface area contributed by atoms with Crippen LogP contribution in [0.5, 0.6) is 0 Å². The second-order valence-electron chi connectivity index (χ2n) is 11.9. The zero-order chi connectivity index (χ0) is 32.7. The van der Waals surface area contributed by atoms with Crippen molar-refractivity contribution >= 4 is 56.2 Å². The van der Waals surface area contributed by atoms with Crippen LogP contribution in [0.3, 0.4) is 0 Å². The monoisotopic (exact) mass is 688 g/mol. The lowest BCUT2D eigenvalue weighted by Gasteiger charge is -2.27. The maximum absolute atomic E-state index is 14.1. The van der Waals surface area contributed by atoms with Crippen LogP contribution in [0, 0.1) is 12.3 Å². The number of likely N-dealkylation sites (tertiary alicyclic amines) is 1. The number of nitrogens with one attached hydrogen (secondary N) is 2. The third kappa shape index (κ3) is 6.01. The van der Waals surface area contributed by atoms with Gasteiger partial charge in [0.1, 0.15) is 34.5 Å². The predicted octanol–water partition coefficient (Wildman–Crippen LogP) is 3.44. The zero-order valence-corrected chi connectivity index (χ0v) is 27.4. The molecule has 1 saturated carbocycles. The van der Waals surface area contributed by atoms with E-state index in [-0.39, 0.29) is 48.4 Å². The van der Waals surface area contributed by atoms with Crippen molar-refractivity contribution in [3.63, 3.8) is 0 Å². The molecule has 238 valence electrons. The van der Waals surface area contributed by atoms with Crippen LogP contribution in [0.1, 0.15) is 48.6 Å². The molecule has 2 aliphatic rings. The summed E-state index contributed by atoms with van der Waals surface area (Å²) in [7, 11) is 1.55. The Labute approximate surface area is 273 Å². The third-order valence-electron chi connectivity index (χ3n) is 8.67. The average molecular weight is 690 g/mol. The molecule has 0 radical (unpaired) electrons. The molecular formula is C32H33BrN8O5. The highest BCUT2D eigenvalue weighted by Crippen LogP contribution is 2.59. The fourth-order valence-corrected chi connectivity index (χ4v) is 6.61. The van der Waals surface area contributed by atoms with Crippen molar-refractivity contribution in [3.05, 3.63) is 64.4 Å². The molecule has 3 aromatic heterocycles. The van der Waals surface area contributed by atoms with E-state index < -0.39 is 11.5 Å². The highest BCUT2D eigenvalue weighted by atomic mass is 79.9. The highest BCUT2D eigenvalue weighted by molar-refractivity contribution is 9.10. The quantitative estimate of drug-likeness (QED) is 0.188. The summed E-state index contributed by atoms with van der Waals surface area (Å²) >= 11 is 3.36. The van der Waals surface area contributed by atoms with E-state index in [0.717, 1.165) is 11.1 Å². The Balaban J connectivity index is 1.30. The number of fused-ring (bicyclic) bond motifs is 2. The van der Waals surface area contributed by atoms with Gasteiger partial charge in [-0.1, -0.05) is 12.1 Å². The number of hydrogen-bond donors (Lipinski definition) is 2. The van der Waals surface area contributed by atoms with Crippen LogP contribution in [0.4, 0.5) is 5.82 Å². The molecule has 0 spiro atoms. The Kier molecular flexibility index (Phi) is 8.42. The number of aryl methyl sites for hydroxylation is 1. The normalized spacial score (nSPS) is 20.0. The number of benzene rings is 1. The molecule has 1 saturated heterocycles. The van der Waals surface area contributed by atoms with E-state index >= 15 is 0 Å². The molecule has 1 aromatic carbocycles. The van der Waals surface area contributed by atoms with Crippen molar-refractivity contribution in [2.45, 2.75) is 58.8 Å². The fourth-order valence-electron chi connectivity index (χ4n) is 6.30. The summed E-state index contributed by atoms with van der Waals surface area (Å²) in [5.41, 5.74) is 2.72. The van der Waals surface area contributed by atoms with Gasteiger partial charge >= 0.3 is 0 Å². The van der Waals surface area contributed by atoms with Crippen LogP contribution in [-0.2, 0) is 32.3 Å². The number of halogens is 1. The Morgan fingerprint density at radius 3 is 2.52 bits per heavy atom.